The maximum Gasteiger partial charge on any atom is 0.271 e. The minimum Gasteiger partial charge on any atom is -0.508 e. The van der Waals surface area contributed by atoms with Gasteiger partial charge in [-0.2, -0.15) is 0 Å². The van der Waals surface area contributed by atoms with Crippen LogP contribution in [-0.2, 0) is 6.54 Å². The highest BCUT2D eigenvalue weighted by atomic mass is 35.5. The lowest BCUT2D eigenvalue weighted by Gasteiger charge is -2.09. The second kappa shape index (κ2) is 5.58. The Morgan fingerprint density at radius 2 is 2.00 bits per heavy atom. The first-order chi connectivity index (χ1) is 9.08. The van der Waals surface area contributed by atoms with Gasteiger partial charge in [0, 0.05) is 24.2 Å². The third-order valence-corrected chi connectivity index (χ3v) is 2.95. The van der Waals surface area contributed by atoms with Gasteiger partial charge >= 0.3 is 0 Å². The fourth-order valence-electron chi connectivity index (χ4n) is 1.61. The van der Waals surface area contributed by atoms with E-state index in [2.05, 4.69) is 5.32 Å². The molecule has 0 atom stereocenters. The molecule has 2 aromatic carbocycles. The van der Waals surface area contributed by atoms with Gasteiger partial charge in [0.15, 0.2) is 0 Å². The lowest BCUT2D eigenvalue weighted by molar-refractivity contribution is -0.384. The third-order valence-electron chi connectivity index (χ3n) is 2.62. The van der Waals surface area contributed by atoms with Crippen LogP contribution in [0, 0.1) is 10.1 Å². The summed E-state index contributed by atoms with van der Waals surface area (Å²) >= 11 is 5.96. The summed E-state index contributed by atoms with van der Waals surface area (Å²) in [7, 11) is 0. The van der Waals surface area contributed by atoms with Crippen molar-refractivity contribution in [1.82, 2.24) is 0 Å². The number of phenols is 1. The fourth-order valence-corrected chi connectivity index (χ4v) is 1.80. The van der Waals surface area contributed by atoms with E-state index in [1.54, 1.807) is 24.3 Å². The van der Waals surface area contributed by atoms with Crippen LogP contribution in [-0.4, -0.2) is 10.0 Å². The molecule has 19 heavy (non-hydrogen) atoms. The molecule has 0 bridgehead atoms. The summed E-state index contributed by atoms with van der Waals surface area (Å²) in [4.78, 5) is 10.2. The number of hydrogen-bond acceptors (Lipinski definition) is 4. The highest BCUT2D eigenvalue weighted by Gasteiger charge is 2.10. The number of non-ortho nitro benzene ring substituents is 1. The molecule has 2 rings (SSSR count). The van der Waals surface area contributed by atoms with Crippen molar-refractivity contribution < 1.29 is 10.0 Å². The minimum absolute atomic E-state index is 0.0378. The standard InChI is InChI=1S/C13H11ClN2O3/c14-11-6-5-10(16(18)19)7-12(11)15-8-9-3-1-2-4-13(9)17/h1-7,15,17H,8H2. The molecule has 0 aliphatic heterocycles. The van der Waals surface area contributed by atoms with E-state index in [0.717, 1.165) is 0 Å². The zero-order valence-corrected chi connectivity index (χ0v) is 10.6. The number of para-hydroxylation sites is 1. The Balaban J connectivity index is 2.17. The lowest BCUT2D eigenvalue weighted by atomic mass is 10.2. The Kier molecular flexibility index (Phi) is 3.87. The molecule has 6 heteroatoms. The van der Waals surface area contributed by atoms with Crippen molar-refractivity contribution >= 4 is 23.0 Å². The number of benzene rings is 2. The smallest absolute Gasteiger partial charge is 0.271 e. The number of hydrogen-bond donors (Lipinski definition) is 2. The van der Waals surface area contributed by atoms with Gasteiger partial charge < -0.3 is 10.4 Å². The molecular formula is C13H11ClN2O3. The zero-order valence-electron chi connectivity index (χ0n) is 9.84. The van der Waals surface area contributed by atoms with Crippen LogP contribution in [0.4, 0.5) is 11.4 Å². The summed E-state index contributed by atoms with van der Waals surface area (Å²) in [5, 5.41) is 23.7. The first-order valence-electron chi connectivity index (χ1n) is 5.52. The molecule has 0 fully saturated rings. The highest BCUT2D eigenvalue weighted by molar-refractivity contribution is 6.33. The number of halogens is 1. The second-order valence-corrected chi connectivity index (χ2v) is 4.31. The third kappa shape index (κ3) is 3.14. The number of rotatable bonds is 4. The summed E-state index contributed by atoms with van der Waals surface area (Å²) < 4.78 is 0. The van der Waals surface area contributed by atoms with Crippen LogP contribution in [0.2, 0.25) is 5.02 Å². The van der Waals surface area contributed by atoms with Crippen molar-refractivity contribution in [3.63, 3.8) is 0 Å². The average Bonchev–Trinajstić information content (AvgIpc) is 2.39. The van der Waals surface area contributed by atoms with E-state index in [4.69, 9.17) is 11.6 Å². The Hall–Kier alpha value is -2.27. The van der Waals surface area contributed by atoms with Gasteiger partial charge in [0.05, 0.1) is 15.6 Å². The number of nitrogens with zero attached hydrogens (tertiary/aromatic N) is 1. The molecule has 2 aromatic rings. The molecule has 2 N–H and O–H groups in total. The van der Waals surface area contributed by atoms with Gasteiger partial charge in [-0.05, 0) is 12.1 Å². The number of anilines is 1. The Labute approximate surface area is 114 Å². The molecule has 0 heterocycles. The van der Waals surface area contributed by atoms with Gasteiger partial charge in [-0.3, -0.25) is 10.1 Å². The Morgan fingerprint density at radius 1 is 1.26 bits per heavy atom. The van der Waals surface area contributed by atoms with Crippen LogP contribution in [0.25, 0.3) is 0 Å². The summed E-state index contributed by atoms with van der Waals surface area (Å²) in [6.07, 6.45) is 0. The van der Waals surface area contributed by atoms with E-state index >= 15 is 0 Å². The van der Waals surface area contributed by atoms with Crippen molar-refractivity contribution in [3.8, 4) is 5.75 Å². The Bertz CT molecular complexity index is 617. The predicted molar refractivity (Wildman–Crippen MR) is 73.5 cm³/mol. The summed E-state index contributed by atoms with van der Waals surface area (Å²) in [5.41, 5.74) is 1.10. The molecule has 5 nitrogen and oxygen atoms in total. The first-order valence-corrected chi connectivity index (χ1v) is 5.90. The zero-order chi connectivity index (χ0) is 13.8. The largest absolute Gasteiger partial charge is 0.508 e. The van der Waals surface area contributed by atoms with Crippen LogP contribution in [0.1, 0.15) is 5.56 Å². The molecule has 98 valence electrons. The maximum atomic E-state index is 10.7. The maximum absolute atomic E-state index is 10.7. The van der Waals surface area contributed by atoms with Crippen LogP contribution < -0.4 is 5.32 Å². The minimum atomic E-state index is -0.485. The van der Waals surface area contributed by atoms with Crippen molar-refractivity contribution in [1.29, 1.82) is 0 Å². The Morgan fingerprint density at radius 3 is 2.68 bits per heavy atom. The van der Waals surface area contributed by atoms with E-state index in [0.29, 0.717) is 22.8 Å². The van der Waals surface area contributed by atoms with Gasteiger partial charge in [-0.25, -0.2) is 0 Å². The molecule has 0 amide bonds. The monoisotopic (exact) mass is 278 g/mol. The molecule has 0 radical (unpaired) electrons. The van der Waals surface area contributed by atoms with Crippen LogP contribution in [0.3, 0.4) is 0 Å². The van der Waals surface area contributed by atoms with Crippen molar-refractivity contribution in [2.24, 2.45) is 0 Å². The fraction of sp³-hybridized carbons (Fsp3) is 0.0769. The average molecular weight is 279 g/mol. The van der Waals surface area contributed by atoms with E-state index < -0.39 is 4.92 Å². The predicted octanol–water partition coefficient (Wildman–Crippen LogP) is 3.57. The second-order valence-electron chi connectivity index (χ2n) is 3.90. The summed E-state index contributed by atoms with van der Waals surface area (Å²) in [6.45, 7) is 0.327. The van der Waals surface area contributed by atoms with Gasteiger partial charge in [0.25, 0.3) is 5.69 Å². The van der Waals surface area contributed by atoms with Crippen LogP contribution >= 0.6 is 11.6 Å². The van der Waals surface area contributed by atoms with Crippen LogP contribution in [0.5, 0.6) is 5.75 Å². The number of aromatic hydroxyl groups is 1. The number of phenolic OH excluding ortho intramolecular Hbond substituents is 1. The van der Waals surface area contributed by atoms with Gasteiger partial charge in [-0.1, -0.05) is 29.8 Å². The van der Waals surface area contributed by atoms with Gasteiger partial charge in [0.2, 0.25) is 0 Å². The molecule has 0 saturated carbocycles. The van der Waals surface area contributed by atoms with E-state index in [-0.39, 0.29) is 11.4 Å². The highest BCUT2D eigenvalue weighted by Crippen LogP contribution is 2.27. The summed E-state index contributed by atoms with van der Waals surface area (Å²) in [6, 6.07) is 11.0. The lowest BCUT2D eigenvalue weighted by Crippen LogP contribution is -2.01. The molecule has 0 spiro atoms. The molecular weight excluding hydrogens is 268 g/mol. The van der Waals surface area contributed by atoms with Crippen molar-refractivity contribution in [2.45, 2.75) is 6.54 Å². The van der Waals surface area contributed by atoms with Gasteiger partial charge in [0.1, 0.15) is 5.75 Å². The molecule has 0 unspecified atom stereocenters. The molecule has 0 aliphatic rings. The van der Waals surface area contributed by atoms with E-state index in [1.165, 1.54) is 18.2 Å². The van der Waals surface area contributed by atoms with E-state index in [9.17, 15) is 15.2 Å². The normalized spacial score (nSPS) is 10.2. The quantitative estimate of drug-likeness (QED) is 0.662. The number of nitro groups is 1. The SMILES string of the molecule is O=[N+]([O-])c1ccc(Cl)c(NCc2ccccc2O)c1. The molecule has 0 aromatic heterocycles. The van der Waals surface area contributed by atoms with Gasteiger partial charge in [-0.15, -0.1) is 0 Å². The topological polar surface area (TPSA) is 75.4 Å². The van der Waals surface area contributed by atoms with Crippen molar-refractivity contribution in [2.75, 3.05) is 5.32 Å². The van der Waals surface area contributed by atoms with Crippen LogP contribution in [0.15, 0.2) is 42.5 Å². The van der Waals surface area contributed by atoms with Crippen molar-refractivity contribution in [3.05, 3.63) is 63.2 Å². The first kappa shape index (κ1) is 13.2. The molecule has 0 saturated heterocycles. The number of nitro benzene ring substituents is 1. The summed E-state index contributed by atoms with van der Waals surface area (Å²) in [5.74, 6) is 0.163. The molecule has 0 aliphatic carbocycles. The number of nitrogens with one attached hydrogen (secondary N) is 1. The van der Waals surface area contributed by atoms with E-state index in [1.807, 2.05) is 0 Å².